The van der Waals surface area contributed by atoms with E-state index >= 15 is 0 Å². The number of aromatic nitrogens is 1. The lowest BCUT2D eigenvalue weighted by molar-refractivity contribution is -0.136. The molecule has 0 spiro atoms. The molecule has 2 atom stereocenters. The topological polar surface area (TPSA) is 63.6 Å². The number of amides is 2. The Labute approximate surface area is 144 Å². The molecule has 2 aliphatic rings. The van der Waals surface area contributed by atoms with E-state index in [-0.39, 0.29) is 36.4 Å². The fourth-order valence-electron chi connectivity index (χ4n) is 3.76. The number of carbonyl (C=O) groups is 2. The van der Waals surface area contributed by atoms with E-state index in [0.717, 1.165) is 5.52 Å². The second-order valence-corrected chi connectivity index (χ2v) is 6.68. The number of fused-ring (bicyclic) bond motifs is 2. The molecule has 1 aromatic heterocycles. The molecule has 1 aromatic carbocycles. The van der Waals surface area contributed by atoms with Gasteiger partial charge in [-0.25, -0.2) is 4.39 Å². The number of nitrogens with zero attached hydrogens (tertiary/aromatic N) is 2. The molecular weight excluding hydrogens is 325 g/mol. The van der Waals surface area contributed by atoms with Crippen LogP contribution in [-0.2, 0) is 16.6 Å². The van der Waals surface area contributed by atoms with Crippen molar-refractivity contribution in [3.05, 3.63) is 35.8 Å². The van der Waals surface area contributed by atoms with E-state index in [4.69, 9.17) is 4.74 Å². The van der Waals surface area contributed by atoms with Crippen LogP contribution in [0.1, 0.15) is 23.3 Å². The van der Waals surface area contributed by atoms with Crippen molar-refractivity contribution in [1.82, 2.24) is 14.8 Å². The lowest BCUT2D eigenvalue weighted by Gasteiger charge is -2.30. The number of nitrogens with one attached hydrogen (secondary N) is 1. The zero-order chi connectivity index (χ0) is 17.6. The van der Waals surface area contributed by atoms with Crippen LogP contribution in [0.3, 0.4) is 0 Å². The van der Waals surface area contributed by atoms with Crippen LogP contribution in [-0.4, -0.2) is 53.1 Å². The fourth-order valence-corrected chi connectivity index (χ4v) is 3.76. The van der Waals surface area contributed by atoms with Gasteiger partial charge >= 0.3 is 0 Å². The van der Waals surface area contributed by atoms with Gasteiger partial charge in [-0.1, -0.05) is 0 Å². The Morgan fingerprint density at radius 2 is 2.08 bits per heavy atom. The quantitative estimate of drug-likeness (QED) is 0.851. The van der Waals surface area contributed by atoms with Crippen molar-refractivity contribution in [2.75, 3.05) is 19.7 Å². The molecule has 0 saturated carbocycles. The lowest BCUT2D eigenvalue weighted by Crippen LogP contribution is -2.51. The molecule has 0 unspecified atom stereocenters. The number of hydrogen-bond acceptors (Lipinski definition) is 3. The molecule has 7 heteroatoms. The molecule has 0 radical (unpaired) electrons. The average Bonchev–Trinajstić information content (AvgIpc) is 2.78. The van der Waals surface area contributed by atoms with Crippen molar-refractivity contribution >= 4 is 22.7 Å². The molecule has 1 N–H and O–H groups in total. The number of benzene rings is 1. The molecule has 0 aliphatic carbocycles. The van der Waals surface area contributed by atoms with Crippen LogP contribution in [0.5, 0.6) is 0 Å². The summed E-state index contributed by atoms with van der Waals surface area (Å²) in [4.78, 5) is 26.3. The summed E-state index contributed by atoms with van der Waals surface area (Å²) >= 11 is 0. The third kappa shape index (κ3) is 2.89. The molecule has 2 aliphatic heterocycles. The first-order chi connectivity index (χ1) is 12.0. The second-order valence-electron chi connectivity index (χ2n) is 6.68. The number of rotatable bonds is 1. The first-order valence-electron chi connectivity index (χ1n) is 8.48. The highest BCUT2D eigenvalue weighted by atomic mass is 19.1. The molecule has 3 heterocycles. The van der Waals surface area contributed by atoms with Crippen LogP contribution < -0.4 is 5.32 Å². The molecular formula is C18H20FN3O3. The van der Waals surface area contributed by atoms with Crippen molar-refractivity contribution in [1.29, 1.82) is 0 Å². The highest BCUT2D eigenvalue weighted by Crippen LogP contribution is 2.23. The van der Waals surface area contributed by atoms with Gasteiger partial charge in [-0.05, 0) is 37.1 Å². The third-order valence-electron chi connectivity index (χ3n) is 5.13. The summed E-state index contributed by atoms with van der Waals surface area (Å²) in [5.41, 5.74) is 1.36. The average molecular weight is 345 g/mol. The largest absolute Gasteiger partial charge is 0.366 e. The maximum Gasteiger partial charge on any atom is 0.270 e. The standard InChI is InChI=1S/C18H20FN3O3/c1-21-14-3-2-12(19)8-11(14)9-15(21)18(24)22-6-4-13-16(5-7-22)25-10-17(23)20-13/h2-3,8-9,13,16H,4-7,10H2,1H3,(H,20,23)/t13-,16-/m0/s1. The summed E-state index contributed by atoms with van der Waals surface area (Å²) in [6.07, 6.45) is 1.31. The predicted octanol–water partition coefficient (Wildman–Crippen LogP) is 1.44. The molecule has 2 fully saturated rings. The zero-order valence-electron chi connectivity index (χ0n) is 14.0. The molecule has 132 valence electrons. The van der Waals surface area contributed by atoms with Gasteiger partial charge in [-0.15, -0.1) is 0 Å². The maximum absolute atomic E-state index is 13.4. The minimum absolute atomic E-state index is 0.0411. The van der Waals surface area contributed by atoms with Gasteiger partial charge in [0.1, 0.15) is 18.1 Å². The molecule has 6 nitrogen and oxygen atoms in total. The fraction of sp³-hybridized carbons (Fsp3) is 0.444. The second kappa shape index (κ2) is 6.15. The maximum atomic E-state index is 13.4. The van der Waals surface area contributed by atoms with Gasteiger partial charge < -0.3 is 19.5 Å². The Balaban J connectivity index is 1.57. The minimum atomic E-state index is -0.316. The summed E-state index contributed by atoms with van der Waals surface area (Å²) in [5.74, 6) is -0.496. The number of aryl methyl sites for hydroxylation is 1. The van der Waals surface area contributed by atoms with Gasteiger partial charge in [0.15, 0.2) is 0 Å². The van der Waals surface area contributed by atoms with E-state index in [1.165, 1.54) is 12.1 Å². The van der Waals surface area contributed by atoms with Crippen LogP contribution in [0.4, 0.5) is 4.39 Å². The van der Waals surface area contributed by atoms with Gasteiger partial charge in [0.25, 0.3) is 5.91 Å². The van der Waals surface area contributed by atoms with E-state index in [1.54, 1.807) is 21.6 Å². The Bertz CT molecular complexity index is 847. The predicted molar refractivity (Wildman–Crippen MR) is 89.7 cm³/mol. The normalized spacial score (nSPS) is 23.9. The summed E-state index contributed by atoms with van der Waals surface area (Å²) in [6, 6.07) is 6.21. The van der Waals surface area contributed by atoms with Gasteiger partial charge in [0.05, 0.1) is 12.1 Å². The number of ether oxygens (including phenoxy) is 1. The Kier molecular flexibility index (Phi) is 3.95. The smallest absolute Gasteiger partial charge is 0.270 e. The summed E-state index contributed by atoms with van der Waals surface area (Å²) in [5, 5.41) is 3.66. The molecule has 25 heavy (non-hydrogen) atoms. The highest BCUT2D eigenvalue weighted by Gasteiger charge is 2.34. The third-order valence-corrected chi connectivity index (χ3v) is 5.13. The molecule has 4 rings (SSSR count). The molecule has 2 aromatic rings. The van der Waals surface area contributed by atoms with Crippen LogP contribution >= 0.6 is 0 Å². The first-order valence-corrected chi connectivity index (χ1v) is 8.48. The summed E-state index contributed by atoms with van der Waals surface area (Å²) in [6.45, 7) is 1.22. The SMILES string of the molecule is Cn1c(C(=O)N2CC[C@@H]3NC(=O)CO[C@H]3CC2)cc2cc(F)ccc21. The van der Waals surface area contributed by atoms with E-state index < -0.39 is 0 Å². The van der Waals surface area contributed by atoms with Crippen molar-refractivity contribution in [3.63, 3.8) is 0 Å². The van der Waals surface area contributed by atoms with Crippen LogP contribution in [0, 0.1) is 5.82 Å². The molecule has 0 bridgehead atoms. The molecule has 2 saturated heterocycles. The van der Waals surface area contributed by atoms with E-state index in [9.17, 15) is 14.0 Å². The van der Waals surface area contributed by atoms with E-state index in [0.29, 0.717) is 37.0 Å². The summed E-state index contributed by atoms with van der Waals surface area (Å²) in [7, 11) is 1.81. The van der Waals surface area contributed by atoms with Crippen molar-refractivity contribution < 1.29 is 18.7 Å². The Hall–Kier alpha value is -2.41. The van der Waals surface area contributed by atoms with Gasteiger partial charge in [0.2, 0.25) is 5.91 Å². The first kappa shape index (κ1) is 16.1. The van der Waals surface area contributed by atoms with Crippen LogP contribution in [0.25, 0.3) is 10.9 Å². The van der Waals surface area contributed by atoms with Gasteiger partial charge in [-0.3, -0.25) is 9.59 Å². The number of likely N-dealkylation sites (tertiary alicyclic amines) is 1. The van der Waals surface area contributed by atoms with Gasteiger partial charge in [0, 0.05) is 31.0 Å². The molecule has 2 amide bonds. The van der Waals surface area contributed by atoms with Crippen molar-refractivity contribution in [2.45, 2.75) is 25.0 Å². The van der Waals surface area contributed by atoms with Gasteiger partial charge in [-0.2, -0.15) is 0 Å². The van der Waals surface area contributed by atoms with Crippen molar-refractivity contribution in [3.8, 4) is 0 Å². The van der Waals surface area contributed by atoms with Crippen molar-refractivity contribution in [2.24, 2.45) is 7.05 Å². The van der Waals surface area contributed by atoms with Crippen LogP contribution in [0.2, 0.25) is 0 Å². The van der Waals surface area contributed by atoms with Crippen LogP contribution in [0.15, 0.2) is 24.3 Å². The number of carbonyl (C=O) groups excluding carboxylic acids is 2. The minimum Gasteiger partial charge on any atom is -0.366 e. The van der Waals surface area contributed by atoms with E-state index in [2.05, 4.69) is 5.32 Å². The van der Waals surface area contributed by atoms with E-state index in [1.807, 2.05) is 7.05 Å². The number of hydrogen-bond donors (Lipinski definition) is 1. The zero-order valence-corrected chi connectivity index (χ0v) is 14.0. The Morgan fingerprint density at radius 1 is 1.28 bits per heavy atom. The Morgan fingerprint density at radius 3 is 2.92 bits per heavy atom. The highest BCUT2D eigenvalue weighted by molar-refractivity contribution is 5.98. The number of halogens is 1. The summed E-state index contributed by atoms with van der Waals surface area (Å²) < 4.78 is 20.8. The monoisotopic (exact) mass is 345 g/mol. The number of morpholine rings is 1. The lowest BCUT2D eigenvalue weighted by atomic mass is 10.0.